The van der Waals surface area contributed by atoms with Crippen molar-refractivity contribution in [1.82, 2.24) is 0 Å². The van der Waals surface area contributed by atoms with E-state index in [2.05, 4.69) is 52.3 Å². The number of benzene rings is 2. The van der Waals surface area contributed by atoms with Crippen molar-refractivity contribution in [2.45, 2.75) is 82.8 Å². The average Bonchev–Trinajstić information content (AvgIpc) is 2.93. The zero-order valence-corrected chi connectivity index (χ0v) is 25.2. The van der Waals surface area contributed by atoms with Gasteiger partial charge in [-0.15, -0.1) is 6.58 Å². The Hall–Kier alpha value is -2.28. The monoisotopic (exact) mass is 552 g/mol. The van der Waals surface area contributed by atoms with Crippen LogP contribution in [-0.2, 0) is 41.3 Å². The van der Waals surface area contributed by atoms with Gasteiger partial charge in [-0.1, -0.05) is 99.4 Å². The lowest BCUT2D eigenvalue weighted by Crippen LogP contribution is -2.60. The zero-order chi connectivity index (χ0) is 28.3. The summed E-state index contributed by atoms with van der Waals surface area (Å²) in [5, 5.41) is 0.137. The van der Waals surface area contributed by atoms with Crippen LogP contribution in [0.15, 0.2) is 73.3 Å². The molecule has 7 heteroatoms. The van der Waals surface area contributed by atoms with Crippen LogP contribution in [0.3, 0.4) is 0 Å². The van der Waals surface area contributed by atoms with Crippen molar-refractivity contribution < 1.29 is 28.1 Å². The van der Waals surface area contributed by atoms with E-state index >= 15 is 0 Å². The number of hydrogen-bond acceptors (Lipinski definition) is 6. The van der Waals surface area contributed by atoms with Gasteiger partial charge in [-0.25, -0.2) is 0 Å². The Kier molecular flexibility index (Phi) is 12.0. The molecule has 0 N–H and O–H groups in total. The summed E-state index contributed by atoms with van der Waals surface area (Å²) in [7, 11) is -0.249. The molecule has 0 bridgehead atoms. The van der Waals surface area contributed by atoms with E-state index in [0.29, 0.717) is 19.8 Å². The van der Waals surface area contributed by atoms with Crippen LogP contribution in [0.4, 0.5) is 0 Å². The molecular weight excluding hydrogens is 508 g/mol. The van der Waals surface area contributed by atoms with Crippen molar-refractivity contribution in [3.63, 3.8) is 0 Å². The van der Waals surface area contributed by atoms with Gasteiger partial charge in [-0.3, -0.25) is 0 Å². The lowest BCUT2D eigenvalue weighted by molar-refractivity contribution is -0.306. The zero-order valence-electron chi connectivity index (χ0n) is 24.2. The summed E-state index contributed by atoms with van der Waals surface area (Å²) >= 11 is 0. The minimum Gasteiger partial charge on any atom is -0.406 e. The van der Waals surface area contributed by atoms with E-state index in [4.69, 9.17) is 28.1 Å². The lowest BCUT2D eigenvalue weighted by atomic mass is 9.97. The fourth-order valence-electron chi connectivity index (χ4n) is 3.98. The van der Waals surface area contributed by atoms with Crippen molar-refractivity contribution in [3.05, 3.63) is 84.4 Å². The first-order chi connectivity index (χ1) is 18.7. The molecule has 0 amide bonds. The Morgan fingerprint density at radius 3 is 1.87 bits per heavy atom. The van der Waals surface area contributed by atoms with Crippen molar-refractivity contribution in [2.75, 3.05) is 20.3 Å². The molecule has 1 fully saturated rings. The van der Waals surface area contributed by atoms with Crippen LogP contribution in [-0.4, -0.2) is 59.3 Å². The highest BCUT2D eigenvalue weighted by Gasteiger charge is 2.47. The topological polar surface area (TPSA) is 55.4 Å². The van der Waals surface area contributed by atoms with Crippen LogP contribution in [0.5, 0.6) is 0 Å². The molecule has 2 aromatic rings. The average molecular weight is 553 g/mol. The minimum atomic E-state index is -1.85. The SMILES string of the molecule is C=CC1O[C@H](OC)[C@H](OCc2ccccc2)[C@@H](OCc2ccccc2)[C@@H]1OCC#CCO[Si](C)(C)C(C)(C)C. The maximum Gasteiger partial charge on any atom is 0.193 e. The normalized spacial score (nSPS) is 23.6. The highest BCUT2D eigenvalue weighted by Crippen LogP contribution is 2.36. The van der Waals surface area contributed by atoms with Crippen molar-refractivity contribution in [2.24, 2.45) is 0 Å². The summed E-state index contributed by atoms with van der Waals surface area (Å²) < 4.78 is 37.2. The molecule has 1 saturated heterocycles. The van der Waals surface area contributed by atoms with Crippen LogP contribution in [0.2, 0.25) is 18.1 Å². The molecule has 6 nitrogen and oxygen atoms in total. The molecular formula is C32H44O6Si. The second-order valence-electron chi connectivity index (χ2n) is 11.1. The van der Waals surface area contributed by atoms with Crippen LogP contribution < -0.4 is 0 Å². The van der Waals surface area contributed by atoms with Crippen molar-refractivity contribution >= 4 is 8.32 Å². The maximum absolute atomic E-state index is 6.48. The van der Waals surface area contributed by atoms with Gasteiger partial charge in [0.25, 0.3) is 0 Å². The van der Waals surface area contributed by atoms with E-state index < -0.39 is 39.0 Å². The van der Waals surface area contributed by atoms with E-state index in [1.165, 1.54) is 0 Å². The number of rotatable bonds is 12. The van der Waals surface area contributed by atoms with Crippen LogP contribution in [0.25, 0.3) is 0 Å². The molecule has 0 saturated carbocycles. The minimum absolute atomic E-state index is 0.137. The Morgan fingerprint density at radius 2 is 1.36 bits per heavy atom. The fourth-order valence-corrected chi connectivity index (χ4v) is 4.84. The molecule has 1 aliphatic heterocycles. The van der Waals surface area contributed by atoms with E-state index in [1.807, 2.05) is 60.7 Å². The molecule has 0 spiro atoms. The summed E-state index contributed by atoms with van der Waals surface area (Å²) in [6.07, 6.45) is -0.902. The third kappa shape index (κ3) is 9.12. The van der Waals surface area contributed by atoms with E-state index in [9.17, 15) is 0 Å². The predicted octanol–water partition coefficient (Wildman–Crippen LogP) is 6.12. The smallest absolute Gasteiger partial charge is 0.193 e. The largest absolute Gasteiger partial charge is 0.406 e. The molecule has 2 aromatic carbocycles. The summed E-state index contributed by atoms with van der Waals surface area (Å²) in [6, 6.07) is 20.0. The molecule has 1 heterocycles. The number of hydrogen-bond donors (Lipinski definition) is 0. The van der Waals surface area contributed by atoms with E-state index in [0.717, 1.165) is 11.1 Å². The van der Waals surface area contributed by atoms with Crippen molar-refractivity contribution in [3.8, 4) is 11.8 Å². The van der Waals surface area contributed by atoms with Gasteiger partial charge in [0.2, 0.25) is 0 Å². The molecule has 0 radical (unpaired) electrons. The van der Waals surface area contributed by atoms with Gasteiger partial charge in [0.05, 0.1) is 19.8 Å². The molecule has 1 unspecified atom stereocenters. The summed E-state index contributed by atoms with van der Waals surface area (Å²) in [6.45, 7) is 16.4. The third-order valence-corrected chi connectivity index (χ3v) is 11.8. The summed E-state index contributed by atoms with van der Waals surface area (Å²) in [4.78, 5) is 0. The van der Waals surface area contributed by atoms with E-state index in [-0.39, 0.29) is 11.6 Å². The second kappa shape index (κ2) is 14.9. The molecule has 3 rings (SSSR count). The predicted molar refractivity (Wildman–Crippen MR) is 157 cm³/mol. The van der Waals surface area contributed by atoms with Crippen LogP contribution in [0, 0.1) is 11.8 Å². The highest BCUT2D eigenvalue weighted by molar-refractivity contribution is 6.74. The Labute approximate surface area is 235 Å². The Morgan fingerprint density at radius 1 is 0.821 bits per heavy atom. The maximum atomic E-state index is 6.48. The lowest BCUT2D eigenvalue weighted by Gasteiger charge is -2.44. The second-order valence-corrected chi connectivity index (χ2v) is 16.0. The number of methoxy groups -OCH3 is 1. The van der Waals surface area contributed by atoms with Gasteiger partial charge >= 0.3 is 0 Å². The molecule has 0 aliphatic carbocycles. The van der Waals surface area contributed by atoms with Crippen LogP contribution in [0.1, 0.15) is 31.9 Å². The molecule has 39 heavy (non-hydrogen) atoms. The van der Waals surface area contributed by atoms with Crippen LogP contribution >= 0.6 is 0 Å². The van der Waals surface area contributed by atoms with Crippen molar-refractivity contribution in [1.29, 1.82) is 0 Å². The van der Waals surface area contributed by atoms with Gasteiger partial charge in [0, 0.05) is 7.11 Å². The molecule has 0 aromatic heterocycles. The number of ether oxygens (including phenoxy) is 5. The first-order valence-electron chi connectivity index (χ1n) is 13.5. The summed E-state index contributed by atoms with van der Waals surface area (Å²) in [5.41, 5.74) is 2.10. The van der Waals surface area contributed by atoms with Gasteiger partial charge in [0.15, 0.2) is 14.6 Å². The first kappa shape index (κ1) is 31.2. The van der Waals surface area contributed by atoms with Gasteiger partial charge in [-0.05, 0) is 29.3 Å². The highest BCUT2D eigenvalue weighted by atomic mass is 28.4. The van der Waals surface area contributed by atoms with E-state index in [1.54, 1.807) is 13.2 Å². The quantitative estimate of drug-likeness (QED) is 0.180. The third-order valence-electron chi connectivity index (χ3n) is 7.35. The first-order valence-corrected chi connectivity index (χ1v) is 16.4. The Balaban J connectivity index is 1.74. The molecule has 212 valence electrons. The fraction of sp³-hybridized carbons (Fsp3) is 0.500. The molecule has 5 atom stereocenters. The Bertz CT molecular complexity index is 1060. The van der Waals surface area contributed by atoms with Gasteiger partial charge < -0.3 is 28.1 Å². The molecule has 1 aliphatic rings. The van der Waals surface area contributed by atoms with Gasteiger partial charge in [-0.2, -0.15) is 0 Å². The summed E-state index contributed by atoms with van der Waals surface area (Å²) in [5.74, 6) is 6.21. The van der Waals surface area contributed by atoms with Gasteiger partial charge in [0.1, 0.15) is 31.0 Å². The standard InChI is InChI=1S/C32H44O6Si/c1-8-27-28(34-21-15-16-22-37-39(6,7)32(2,3)4)29(35-23-25-17-11-9-12-18-25)30(31(33-5)38-27)36-24-26-19-13-10-14-20-26/h8-14,17-20,27-31H,1,21-24H2,2-7H3/t27?,28-,29+,30-,31+/m1/s1.